The molecule has 8 nitrogen and oxygen atoms in total. The molecule has 136 valence electrons. The normalized spacial score (nSPS) is 10.8. The first kappa shape index (κ1) is 17.9. The van der Waals surface area contributed by atoms with Crippen LogP contribution < -0.4 is 11.0 Å². The van der Waals surface area contributed by atoms with E-state index >= 15 is 0 Å². The van der Waals surface area contributed by atoms with Crippen LogP contribution in [0.5, 0.6) is 0 Å². The van der Waals surface area contributed by atoms with Crippen LogP contribution in [0, 0.1) is 6.92 Å². The molecule has 0 fully saturated rings. The van der Waals surface area contributed by atoms with E-state index in [4.69, 9.17) is 11.6 Å². The molecule has 0 atom stereocenters. The third-order valence-corrected chi connectivity index (χ3v) is 4.04. The van der Waals surface area contributed by atoms with Gasteiger partial charge < -0.3 is 5.32 Å². The van der Waals surface area contributed by atoms with Gasteiger partial charge in [0.1, 0.15) is 12.4 Å². The Hall–Kier alpha value is -2.87. The van der Waals surface area contributed by atoms with Crippen molar-refractivity contribution in [2.45, 2.75) is 26.6 Å². The molecule has 0 radical (unpaired) electrons. The van der Waals surface area contributed by atoms with Crippen LogP contribution in [0.3, 0.4) is 0 Å². The number of amides is 1. The highest BCUT2D eigenvalue weighted by atomic mass is 35.5. The molecular weight excluding hydrogens is 356 g/mol. The molecule has 1 aromatic carbocycles. The maximum atomic E-state index is 12.5. The van der Waals surface area contributed by atoms with Crippen LogP contribution in [-0.4, -0.2) is 36.6 Å². The average Bonchev–Trinajstić information content (AvgIpc) is 3.14. The Morgan fingerprint density at radius 2 is 2.04 bits per heavy atom. The van der Waals surface area contributed by atoms with Crippen LogP contribution in [0.25, 0.3) is 0 Å². The Kier molecular flexibility index (Phi) is 5.52. The molecule has 0 saturated carbocycles. The maximum absolute atomic E-state index is 12.5. The van der Waals surface area contributed by atoms with Gasteiger partial charge in [-0.1, -0.05) is 41.9 Å². The summed E-state index contributed by atoms with van der Waals surface area (Å²) in [5.74, 6) is 0.285. The number of rotatable bonds is 7. The quantitative estimate of drug-likeness (QED) is 0.670. The van der Waals surface area contributed by atoms with Crippen molar-refractivity contribution in [2.75, 3.05) is 6.54 Å². The second kappa shape index (κ2) is 8.01. The van der Waals surface area contributed by atoms with Gasteiger partial charge in [-0.05, 0) is 12.5 Å². The highest BCUT2D eigenvalue weighted by Gasteiger charge is 2.13. The molecule has 2 heterocycles. The third kappa shape index (κ3) is 4.40. The van der Waals surface area contributed by atoms with Gasteiger partial charge in [0.15, 0.2) is 0 Å². The molecule has 0 aliphatic heterocycles. The molecule has 2 aromatic heterocycles. The fraction of sp³-hybridized carbons (Fsp3) is 0.294. The van der Waals surface area contributed by atoms with Crippen molar-refractivity contribution in [3.63, 3.8) is 0 Å². The van der Waals surface area contributed by atoms with Crippen molar-refractivity contribution >= 4 is 17.5 Å². The second-order valence-electron chi connectivity index (χ2n) is 5.83. The summed E-state index contributed by atoms with van der Waals surface area (Å²) < 4.78 is 4.36. The Morgan fingerprint density at radius 1 is 1.27 bits per heavy atom. The van der Waals surface area contributed by atoms with Crippen molar-refractivity contribution < 1.29 is 4.79 Å². The van der Waals surface area contributed by atoms with E-state index < -0.39 is 0 Å². The number of nitrogens with zero attached hydrogens (tertiary/aromatic N) is 5. The van der Waals surface area contributed by atoms with E-state index in [1.54, 1.807) is 22.4 Å². The Morgan fingerprint density at radius 3 is 2.73 bits per heavy atom. The maximum Gasteiger partial charge on any atom is 0.346 e. The summed E-state index contributed by atoms with van der Waals surface area (Å²) in [5, 5.41) is 11.5. The van der Waals surface area contributed by atoms with Crippen LogP contribution in [-0.2, 0) is 24.4 Å². The lowest BCUT2D eigenvalue weighted by Crippen LogP contribution is -2.35. The van der Waals surface area contributed by atoms with Crippen molar-refractivity contribution in [1.82, 2.24) is 29.4 Å². The minimum absolute atomic E-state index is 0.124. The number of halogens is 1. The lowest BCUT2D eigenvalue weighted by molar-refractivity contribution is -0.121. The molecule has 0 bridgehead atoms. The summed E-state index contributed by atoms with van der Waals surface area (Å²) in [7, 11) is 0. The summed E-state index contributed by atoms with van der Waals surface area (Å²) in [4.78, 5) is 24.5. The summed E-state index contributed by atoms with van der Waals surface area (Å²) in [6.07, 6.45) is 3.21. The first-order valence-electron chi connectivity index (χ1n) is 8.16. The van der Waals surface area contributed by atoms with Gasteiger partial charge in [0.25, 0.3) is 0 Å². The molecule has 26 heavy (non-hydrogen) atoms. The fourth-order valence-electron chi connectivity index (χ4n) is 2.56. The summed E-state index contributed by atoms with van der Waals surface area (Å²) >= 11 is 5.78. The molecule has 9 heteroatoms. The molecule has 0 unspecified atom stereocenters. The van der Waals surface area contributed by atoms with Crippen LogP contribution in [0.1, 0.15) is 11.4 Å². The van der Waals surface area contributed by atoms with Gasteiger partial charge in [0.05, 0.1) is 24.3 Å². The van der Waals surface area contributed by atoms with E-state index in [9.17, 15) is 9.59 Å². The summed E-state index contributed by atoms with van der Waals surface area (Å²) in [6, 6.07) is 9.64. The van der Waals surface area contributed by atoms with Crippen molar-refractivity contribution in [2.24, 2.45) is 0 Å². The Bertz CT molecular complexity index is 944. The fourth-order valence-corrected chi connectivity index (χ4v) is 2.72. The van der Waals surface area contributed by atoms with E-state index in [1.807, 2.05) is 30.3 Å². The molecule has 3 rings (SSSR count). The van der Waals surface area contributed by atoms with Gasteiger partial charge in [-0.2, -0.15) is 10.2 Å². The number of carbonyl (C=O) groups excluding carboxylic acids is 1. The van der Waals surface area contributed by atoms with E-state index in [0.29, 0.717) is 30.5 Å². The van der Waals surface area contributed by atoms with Gasteiger partial charge in [0, 0.05) is 12.7 Å². The smallest absolute Gasteiger partial charge is 0.346 e. The highest BCUT2D eigenvalue weighted by molar-refractivity contribution is 6.30. The minimum atomic E-state index is -0.305. The van der Waals surface area contributed by atoms with Crippen LogP contribution in [0.4, 0.5) is 0 Å². The largest absolute Gasteiger partial charge is 0.353 e. The van der Waals surface area contributed by atoms with Gasteiger partial charge in [-0.15, -0.1) is 0 Å². The van der Waals surface area contributed by atoms with Crippen molar-refractivity contribution in [1.29, 1.82) is 0 Å². The molecule has 0 aliphatic rings. The molecule has 0 saturated heterocycles. The summed E-state index contributed by atoms with van der Waals surface area (Å²) in [5.41, 5.74) is 0.694. The van der Waals surface area contributed by atoms with Gasteiger partial charge in [-0.25, -0.2) is 9.48 Å². The Balaban J connectivity index is 1.58. The monoisotopic (exact) mass is 374 g/mol. The molecule has 1 N–H and O–H groups in total. The number of aromatic nitrogens is 5. The number of hydrogen-bond donors (Lipinski definition) is 1. The number of nitrogens with one attached hydrogen (secondary N) is 1. The number of hydrogen-bond acceptors (Lipinski definition) is 4. The zero-order valence-corrected chi connectivity index (χ0v) is 15.1. The van der Waals surface area contributed by atoms with E-state index in [1.165, 1.54) is 10.9 Å². The SMILES string of the molecule is Cc1nn(CC(=O)NCCn2cc(Cl)cn2)c(=O)n1Cc1ccccc1. The minimum Gasteiger partial charge on any atom is -0.353 e. The molecule has 3 aromatic rings. The zero-order chi connectivity index (χ0) is 18.5. The van der Waals surface area contributed by atoms with E-state index in [-0.39, 0.29) is 18.1 Å². The zero-order valence-electron chi connectivity index (χ0n) is 14.3. The van der Waals surface area contributed by atoms with E-state index in [0.717, 1.165) is 5.56 Å². The Labute approximate surface area is 155 Å². The van der Waals surface area contributed by atoms with E-state index in [2.05, 4.69) is 15.5 Å². The summed E-state index contributed by atoms with van der Waals surface area (Å²) in [6.45, 7) is 2.93. The predicted octanol–water partition coefficient (Wildman–Crippen LogP) is 1.07. The lowest BCUT2D eigenvalue weighted by Gasteiger charge is -2.05. The predicted molar refractivity (Wildman–Crippen MR) is 97.0 cm³/mol. The lowest BCUT2D eigenvalue weighted by atomic mass is 10.2. The first-order chi connectivity index (χ1) is 12.5. The number of aryl methyl sites for hydroxylation is 1. The molecule has 1 amide bonds. The van der Waals surface area contributed by atoms with Crippen molar-refractivity contribution in [3.8, 4) is 0 Å². The first-order valence-corrected chi connectivity index (χ1v) is 8.53. The molecule has 0 spiro atoms. The van der Waals surface area contributed by atoms with Crippen LogP contribution in [0.2, 0.25) is 5.02 Å². The van der Waals surface area contributed by atoms with Gasteiger partial charge >= 0.3 is 5.69 Å². The molecular formula is C17H19ClN6O2. The topological polar surface area (TPSA) is 86.7 Å². The molecule has 0 aliphatic carbocycles. The highest BCUT2D eigenvalue weighted by Crippen LogP contribution is 2.04. The van der Waals surface area contributed by atoms with Crippen LogP contribution in [0.15, 0.2) is 47.5 Å². The van der Waals surface area contributed by atoms with Crippen LogP contribution >= 0.6 is 11.6 Å². The average molecular weight is 375 g/mol. The number of carbonyl (C=O) groups is 1. The van der Waals surface area contributed by atoms with Gasteiger partial charge in [0.2, 0.25) is 5.91 Å². The van der Waals surface area contributed by atoms with Gasteiger partial charge in [-0.3, -0.25) is 14.0 Å². The number of benzene rings is 1. The second-order valence-corrected chi connectivity index (χ2v) is 6.27. The third-order valence-electron chi connectivity index (χ3n) is 3.85. The van der Waals surface area contributed by atoms with Crippen molar-refractivity contribution in [3.05, 3.63) is 69.6 Å². The standard InChI is InChI=1S/C17H19ClN6O2/c1-13-21-24(17(26)23(13)10-14-5-3-2-4-6-14)12-16(25)19-7-8-22-11-15(18)9-20-22/h2-6,9,11H,7-8,10,12H2,1H3,(H,19,25).